The highest BCUT2D eigenvalue weighted by Crippen LogP contribution is 2.20. The number of nitrogens with one attached hydrogen (secondary N) is 1. The van der Waals surface area contributed by atoms with E-state index >= 15 is 0 Å². The van der Waals surface area contributed by atoms with Gasteiger partial charge in [-0.05, 0) is 18.6 Å². The maximum absolute atomic E-state index is 9.27. The molecule has 3 nitrogen and oxygen atoms in total. The number of aliphatic hydroxyl groups excluding tert-OH is 1. The van der Waals surface area contributed by atoms with E-state index in [4.69, 9.17) is 0 Å². The van der Waals surface area contributed by atoms with Crippen LogP contribution in [0.25, 0.3) is 0 Å². The summed E-state index contributed by atoms with van der Waals surface area (Å²) >= 11 is 0. The van der Waals surface area contributed by atoms with Crippen molar-refractivity contribution in [2.45, 2.75) is 18.6 Å². The first-order valence-electron chi connectivity index (χ1n) is 4.18. The lowest BCUT2D eigenvalue weighted by Gasteiger charge is -2.07. The van der Waals surface area contributed by atoms with Crippen LogP contribution in [0.2, 0.25) is 0 Å². The molecule has 1 fully saturated rings. The van der Waals surface area contributed by atoms with Crippen molar-refractivity contribution in [3.8, 4) is 0 Å². The normalized spacial score (nSPS) is 29.1. The smallest absolute Gasteiger partial charge is 0.0683 e. The Kier molecular flexibility index (Phi) is 2.06. The zero-order valence-electron chi connectivity index (χ0n) is 6.77. The standard InChI is InChI=1S/C9H12N2O/c12-7-5-9(11-6-7)8-3-1-2-4-10-8/h1-4,7,9,11-12H,5-6H2/t7-,9-/m1/s1. The number of hydrogen-bond acceptors (Lipinski definition) is 3. The molecule has 2 N–H and O–H groups in total. The van der Waals surface area contributed by atoms with Gasteiger partial charge >= 0.3 is 0 Å². The predicted molar refractivity (Wildman–Crippen MR) is 45.6 cm³/mol. The Morgan fingerprint density at radius 3 is 3.00 bits per heavy atom. The Labute approximate surface area is 71.4 Å². The topological polar surface area (TPSA) is 45.1 Å². The fourth-order valence-electron chi connectivity index (χ4n) is 1.52. The van der Waals surface area contributed by atoms with Crippen LogP contribution in [0.5, 0.6) is 0 Å². The van der Waals surface area contributed by atoms with E-state index in [-0.39, 0.29) is 12.1 Å². The van der Waals surface area contributed by atoms with Crippen molar-refractivity contribution in [2.24, 2.45) is 0 Å². The number of pyridine rings is 1. The second-order valence-corrected chi connectivity index (χ2v) is 3.10. The molecule has 2 heterocycles. The van der Waals surface area contributed by atoms with Crippen molar-refractivity contribution in [1.29, 1.82) is 0 Å². The van der Waals surface area contributed by atoms with E-state index < -0.39 is 0 Å². The molecule has 0 unspecified atom stereocenters. The molecular formula is C9H12N2O. The highest BCUT2D eigenvalue weighted by molar-refractivity contribution is 5.10. The van der Waals surface area contributed by atoms with Crippen molar-refractivity contribution < 1.29 is 5.11 Å². The summed E-state index contributed by atoms with van der Waals surface area (Å²) in [5.41, 5.74) is 1.02. The Balaban J connectivity index is 2.11. The lowest BCUT2D eigenvalue weighted by Crippen LogP contribution is -2.15. The van der Waals surface area contributed by atoms with Gasteiger partial charge < -0.3 is 10.4 Å². The van der Waals surface area contributed by atoms with Gasteiger partial charge in [0.1, 0.15) is 0 Å². The summed E-state index contributed by atoms with van der Waals surface area (Å²) in [5.74, 6) is 0. The number of hydrogen-bond donors (Lipinski definition) is 2. The van der Waals surface area contributed by atoms with Crippen molar-refractivity contribution >= 4 is 0 Å². The minimum atomic E-state index is -0.211. The number of aromatic nitrogens is 1. The van der Waals surface area contributed by atoms with Gasteiger partial charge in [0.05, 0.1) is 17.8 Å². The average molecular weight is 164 g/mol. The highest BCUT2D eigenvalue weighted by Gasteiger charge is 2.23. The SMILES string of the molecule is O[C@H]1CN[C@@H](c2ccccn2)C1. The molecule has 1 saturated heterocycles. The zero-order chi connectivity index (χ0) is 8.39. The van der Waals surface area contributed by atoms with E-state index in [2.05, 4.69) is 10.3 Å². The van der Waals surface area contributed by atoms with Crippen LogP contribution in [0.3, 0.4) is 0 Å². The van der Waals surface area contributed by atoms with Gasteiger partial charge in [-0.15, -0.1) is 0 Å². The second kappa shape index (κ2) is 3.21. The third-order valence-corrected chi connectivity index (χ3v) is 2.15. The van der Waals surface area contributed by atoms with Crippen LogP contribution in [-0.2, 0) is 0 Å². The van der Waals surface area contributed by atoms with Gasteiger partial charge in [0, 0.05) is 12.7 Å². The molecule has 0 aliphatic carbocycles. The first kappa shape index (κ1) is 7.71. The fourth-order valence-corrected chi connectivity index (χ4v) is 1.52. The zero-order valence-corrected chi connectivity index (χ0v) is 6.77. The van der Waals surface area contributed by atoms with Gasteiger partial charge in [-0.1, -0.05) is 6.07 Å². The van der Waals surface area contributed by atoms with E-state index in [9.17, 15) is 5.11 Å². The van der Waals surface area contributed by atoms with Crippen molar-refractivity contribution in [3.63, 3.8) is 0 Å². The van der Waals surface area contributed by atoms with Crippen LogP contribution in [0.15, 0.2) is 24.4 Å². The quantitative estimate of drug-likeness (QED) is 0.634. The van der Waals surface area contributed by atoms with Crippen molar-refractivity contribution in [3.05, 3.63) is 30.1 Å². The predicted octanol–water partition coefficient (Wildman–Crippen LogP) is 0.477. The van der Waals surface area contributed by atoms with Gasteiger partial charge in [-0.2, -0.15) is 0 Å². The van der Waals surface area contributed by atoms with E-state index in [1.807, 2.05) is 18.2 Å². The Morgan fingerprint density at radius 1 is 1.50 bits per heavy atom. The lowest BCUT2D eigenvalue weighted by molar-refractivity contribution is 0.193. The van der Waals surface area contributed by atoms with Gasteiger partial charge in [0.15, 0.2) is 0 Å². The van der Waals surface area contributed by atoms with Crippen LogP contribution in [-0.4, -0.2) is 22.7 Å². The summed E-state index contributed by atoms with van der Waals surface area (Å²) in [7, 11) is 0. The van der Waals surface area contributed by atoms with Crippen LogP contribution in [0, 0.1) is 0 Å². The summed E-state index contributed by atoms with van der Waals surface area (Å²) in [4.78, 5) is 4.22. The molecule has 1 aliphatic rings. The van der Waals surface area contributed by atoms with Gasteiger partial charge in [-0.25, -0.2) is 0 Å². The summed E-state index contributed by atoms with van der Waals surface area (Å²) in [5, 5.41) is 12.5. The molecule has 2 rings (SSSR count). The van der Waals surface area contributed by atoms with E-state index in [1.54, 1.807) is 6.20 Å². The van der Waals surface area contributed by atoms with Crippen LogP contribution in [0.1, 0.15) is 18.2 Å². The molecule has 1 aromatic heterocycles. The first-order chi connectivity index (χ1) is 5.86. The summed E-state index contributed by atoms with van der Waals surface area (Å²) in [6.07, 6.45) is 2.34. The Bertz CT molecular complexity index is 250. The number of nitrogens with zero attached hydrogens (tertiary/aromatic N) is 1. The molecule has 64 valence electrons. The molecule has 2 atom stereocenters. The van der Waals surface area contributed by atoms with E-state index in [1.165, 1.54) is 0 Å². The molecule has 0 aromatic carbocycles. The molecule has 0 amide bonds. The lowest BCUT2D eigenvalue weighted by atomic mass is 10.1. The molecule has 0 saturated carbocycles. The average Bonchev–Trinajstić information content (AvgIpc) is 2.54. The third-order valence-electron chi connectivity index (χ3n) is 2.15. The van der Waals surface area contributed by atoms with Crippen LogP contribution in [0.4, 0.5) is 0 Å². The van der Waals surface area contributed by atoms with Gasteiger partial charge in [-0.3, -0.25) is 4.98 Å². The van der Waals surface area contributed by atoms with E-state index in [0.29, 0.717) is 6.54 Å². The second-order valence-electron chi connectivity index (χ2n) is 3.10. The Morgan fingerprint density at radius 2 is 2.42 bits per heavy atom. The van der Waals surface area contributed by atoms with Gasteiger partial charge in [0.2, 0.25) is 0 Å². The highest BCUT2D eigenvalue weighted by atomic mass is 16.3. The van der Waals surface area contributed by atoms with Crippen molar-refractivity contribution in [1.82, 2.24) is 10.3 Å². The maximum Gasteiger partial charge on any atom is 0.0683 e. The monoisotopic (exact) mass is 164 g/mol. The summed E-state index contributed by atoms with van der Waals surface area (Å²) in [6, 6.07) is 6.08. The molecule has 0 spiro atoms. The molecular weight excluding hydrogens is 152 g/mol. The number of β-amino-alcohol motifs (C(OH)–C–C–N with tert-alkyl or cyclic N) is 1. The first-order valence-corrected chi connectivity index (χ1v) is 4.18. The minimum absolute atomic E-state index is 0.211. The minimum Gasteiger partial charge on any atom is -0.392 e. The van der Waals surface area contributed by atoms with Crippen LogP contribution < -0.4 is 5.32 Å². The maximum atomic E-state index is 9.27. The molecule has 12 heavy (non-hydrogen) atoms. The number of aliphatic hydroxyl groups is 1. The largest absolute Gasteiger partial charge is 0.392 e. The van der Waals surface area contributed by atoms with E-state index in [0.717, 1.165) is 12.1 Å². The fraction of sp³-hybridized carbons (Fsp3) is 0.444. The molecule has 1 aromatic rings. The van der Waals surface area contributed by atoms with Crippen molar-refractivity contribution in [2.75, 3.05) is 6.54 Å². The summed E-state index contributed by atoms with van der Waals surface area (Å²) < 4.78 is 0. The Hall–Kier alpha value is -0.930. The summed E-state index contributed by atoms with van der Waals surface area (Å²) in [6.45, 7) is 0.682. The number of rotatable bonds is 1. The molecule has 3 heteroatoms. The molecule has 0 radical (unpaired) electrons. The molecule has 0 bridgehead atoms. The molecule has 1 aliphatic heterocycles. The van der Waals surface area contributed by atoms with Crippen LogP contribution >= 0.6 is 0 Å². The third kappa shape index (κ3) is 1.47. The van der Waals surface area contributed by atoms with Gasteiger partial charge in [0.25, 0.3) is 0 Å².